The molecule has 2 aromatic rings. The van der Waals surface area contributed by atoms with E-state index >= 15 is 0 Å². The summed E-state index contributed by atoms with van der Waals surface area (Å²) >= 11 is 0. The van der Waals surface area contributed by atoms with Crippen LogP contribution in [-0.2, 0) is 4.79 Å². The fourth-order valence-corrected chi connectivity index (χ4v) is 3.36. The fraction of sp³-hybridized carbons (Fsp3) is 0.300. The van der Waals surface area contributed by atoms with E-state index in [9.17, 15) is 14.7 Å². The molecule has 1 amide bonds. The number of carboxylic acids is 1. The summed E-state index contributed by atoms with van der Waals surface area (Å²) in [6.45, 7) is 0.659. The summed E-state index contributed by atoms with van der Waals surface area (Å²) in [4.78, 5) is 28.2. The van der Waals surface area contributed by atoms with E-state index < -0.39 is 11.9 Å². The van der Waals surface area contributed by atoms with Gasteiger partial charge in [-0.1, -0.05) is 36.4 Å². The van der Waals surface area contributed by atoms with E-state index in [0.717, 1.165) is 11.3 Å². The highest BCUT2D eigenvalue weighted by Crippen LogP contribution is 2.33. The molecule has 5 nitrogen and oxygen atoms in total. The Kier molecular flexibility index (Phi) is 4.74. The molecule has 0 aliphatic carbocycles. The molecule has 1 fully saturated rings. The zero-order valence-corrected chi connectivity index (χ0v) is 14.4. The lowest BCUT2D eigenvalue weighted by molar-refractivity contribution is -0.141. The van der Waals surface area contributed by atoms with Crippen LogP contribution in [0.15, 0.2) is 54.6 Å². The van der Waals surface area contributed by atoms with Crippen molar-refractivity contribution in [3.63, 3.8) is 0 Å². The van der Waals surface area contributed by atoms with Crippen molar-refractivity contribution < 1.29 is 14.7 Å². The lowest BCUT2D eigenvalue weighted by Crippen LogP contribution is -2.30. The lowest BCUT2D eigenvalue weighted by atomic mass is 9.89. The Balaban J connectivity index is 1.85. The Morgan fingerprint density at radius 1 is 1.04 bits per heavy atom. The summed E-state index contributed by atoms with van der Waals surface area (Å²) in [7, 11) is 3.84. The Morgan fingerprint density at radius 2 is 1.76 bits per heavy atom. The quantitative estimate of drug-likeness (QED) is 0.931. The standard InChI is InChI=1S/C20H22N2O3/c1-21(2)16-10-6-9-15(11-16)19(23)22-12-17(18(13-22)20(24)25)14-7-4-3-5-8-14/h3-11,17-18H,12-13H2,1-2H3,(H,24,25). The maximum atomic E-state index is 12.9. The van der Waals surface area contributed by atoms with Gasteiger partial charge in [-0.05, 0) is 23.8 Å². The molecule has 0 aromatic heterocycles. The number of likely N-dealkylation sites (tertiary alicyclic amines) is 1. The topological polar surface area (TPSA) is 60.9 Å². The number of amides is 1. The first-order chi connectivity index (χ1) is 12.0. The van der Waals surface area contributed by atoms with Crippen LogP contribution >= 0.6 is 0 Å². The third-order valence-corrected chi connectivity index (χ3v) is 4.76. The average Bonchev–Trinajstić information content (AvgIpc) is 3.07. The molecule has 130 valence electrons. The van der Waals surface area contributed by atoms with E-state index in [0.29, 0.717) is 12.1 Å². The highest BCUT2D eigenvalue weighted by molar-refractivity contribution is 5.96. The molecule has 1 N–H and O–H groups in total. The zero-order valence-electron chi connectivity index (χ0n) is 14.4. The van der Waals surface area contributed by atoms with Gasteiger partial charge in [-0.2, -0.15) is 0 Å². The third-order valence-electron chi connectivity index (χ3n) is 4.76. The van der Waals surface area contributed by atoms with Crippen LogP contribution in [0.4, 0.5) is 5.69 Å². The van der Waals surface area contributed by atoms with Crippen molar-refractivity contribution >= 4 is 17.6 Å². The number of rotatable bonds is 4. The number of hydrogen-bond acceptors (Lipinski definition) is 3. The molecule has 0 saturated carbocycles. The van der Waals surface area contributed by atoms with E-state index in [2.05, 4.69) is 0 Å². The molecule has 2 aromatic carbocycles. The summed E-state index contributed by atoms with van der Waals surface area (Å²) < 4.78 is 0. The average molecular weight is 338 g/mol. The monoisotopic (exact) mass is 338 g/mol. The van der Waals surface area contributed by atoms with Gasteiger partial charge in [0.15, 0.2) is 0 Å². The van der Waals surface area contributed by atoms with Crippen molar-refractivity contribution in [1.82, 2.24) is 4.90 Å². The Hall–Kier alpha value is -2.82. The normalized spacial score (nSPS) is 19.7. The van der Waals surface area contributed by atoms with E-state index in [-0.39, 0.29) is 18.4 Å². The number of nitrogens with zero attached hydrogens (tertiary/aromatic N) is 2. The first-order valence-corrected chi connectivity index (χ1v) is 8.32. The van der Waals surface area contributed by atoms with Crippen molar-refractivity contribution in [3.8, 4) is 0 Å². The van der Waals surface area contributed by atoms with Gasteiger partial charge in [0.1, 0.15) is 0 Å². The predicted molar refractivity (Wildman–Crippen MR) is 97.0 cm³/mol. The second-order valence-corrected chi connectivity index (χ2v) is 6.62. The van der Waals surface area contributed by atoms with Crippen LogP contribution in [0.2, 0.25) is 0 Å². The number of anilines is 1. The van der Waals surface area contributed by atoms with Gasteiger partial charge in [0, 0.05) is 44.4 Å². The maximum Gasteiger partial charge on any atom is 0.308 e. The van der Waals surface area contributed by atoms with E-state index in [1.165, 1.54) is 0 Å². The summed E-state index contributed by atoms with van der Waals surface area (Å²) in [5.41, 5.74) is 2.50. The highest BCUT2D eigenvalue weighted by Gasteiger charge is 2.40. The van der Waals surface area contributed by atoms with Gasteiger partial charge in [0.2, 0.25) is 0 Å². The van der Waals surface area contributed by atoms with Crippen LogP contribution in [0, 0.1) is 5.92 Å². The van der Waals surface area contributed by atoms with E-state index in [4.69, 9.17) is 0 Å². The van der Waals surface area contributed by atoms with Crippen LogP contribution in [0.5, 0.6) is 0 Å². The summed E-state index contributed by atoms with van der Waals surface area (Å²) in [5, 5.41) is 9.59. The summed E-state index contributed by atoms with van der Waals surface area (Å²) in [6.07, 6.45) is 0. The Labute approximate surface area is 147 Å². The van der Waals surface area contributed by atoms with Crippen LogP contribution < -0.4 is 4.90 Å². The minimum absolute atomic E-state index is 0.117. The molecule has 0 spiro atoms. The molecule has 3 rings (SSSR count). The molecule has 2 unspecified atom stereocenters. The maximum absolute atomic E-state index is 12.9. The number of carbonyl (C=O) groups excluding carboxylic acids is 1. The van der Waals surface area contributed by atoms with Crippen molar-refractivity contribution in [2.24, 2.45) is 5.92 Å². The predicted octanol–water partition coefficient (Wildman–Crippen LogP) is 2.69. The first-order valence-electron chi connectivity index (χ1n) is 8.32. The highest BCUT2D eigenvalue weighted by atomic mass is 16.4. The van der Waals surface area contributed by atoms with Gasteiger partial charge in [0.05, 0.1) is 5.92 Å². The second kappa shape index (κ2) is 6.97. The molecule has 1 heterocycles. The van der Waals surface area contributed by atoms with Gasteiger partial charge in [0.25, 0.3) is 5.91 Å². The molecule has 5 heteroatoms. The molecule has 25 heavy (non-hydrogen) atoms. The van der Waals surface area contributed by atoms with Gasteiger partial charge >= 0.3 is 5.97 Å². The fourth-order valence-electron chi connectivity index (χ4n) is 3.36. The third kappa shape index (κ3) is 3.50. The van der Waals surface area contributed by atoms with Crippen LogP contribution in [0.3, 0.4) is 0 Å². The molecule has 2 atom stereocenters. The van der Waals surface area contributed by atoms with E-state index in [1.807, 2.05) is 67.5 Å². The second-order valence-electron chi connectivity index (χ2n) is 6.62. The van der Waals surface area contributed by atoms with Gasteiger partial charge in [-0.15, -0.1) is 0 Å². The van der Waals surface area contributed by atoms with Crippen LogP contribution in [0.25, 0.3) is 0 Å². The van der Waals surface area contributed by atoms with E-state index in [1.54, 1.807) is 11.0 Å². The van der Waals surface area contributed by atoms with Crippen LogP contribution in [-0.4, -0.2) is 49.1 Å². The smallest absolute Gasteiger partial charge is 0.308 e. The molecule has 1 aliphatic heterocycles. The Bertz CT molecular complexity index is 774. The largest absolute Gasteiger partial charge is 0.481 e. The minimum Gasteiger partial charge on any atom is -0.481 e. The number of carboxylic acid groups (broad SMARTS) is 1. The molecular weight excluding hydrogens is 316 g/mol. The number of hydrogen-bond donors (Lipinski definition) is 1. The zero-order chi connectivity index (χ0) is 18.0. The SMILES string of the molecule is CN(C)c1cccc(C(=O)N2CC(C(=O)O)C(c3ccccc3)C2)c1. The molecule has 0 bridgehead atoms. The lowest BCUT2D eigenvalue weighted by Gasteiger charge is -2.18. The number of carbonyl (C=O) groups is 2. The van der Waals surface area contributed by atoms with Crippen molar-refractivity contribution in [2.75, 3.05) is 32.1 Å². The molecular formula is C20H22N2O3. The van der Waals surface area contributed by atoms with Gasteiger partial charge < -0.3 is 14.9 Å². The van der Waals surface area contributed by atoms with Crippen LogP contribution in [0.1, 0.15) is 21.8 Å². The number of aliphatic carboxylic acids is 1. The van der Waals surface area contributed by atoms with Gasteiger partial charge in [-0.3, -0.25) is 9.59 Å². The van der Waals surface area contributed by atoms with Crippen molar-refractivity contribution in [1.29, 1.82) is 0 Å². The number of benzene rings is 2. The Morgan fingerprint density at radius 3 is 2.40 bits per heavy atom. The summed E-state index contributed by atoms with van der Waals surface area (Å²) in [6, 6.07) is 17.0. The van der Waals surface area contributed by atoms with Crippen molar-refractivity contribution in [2.45, 2.75) is 5.92 Å². The minimum atomic E-state index is -0.855. The first kappa shape index (κ1) is 17.0. The van der Waals surface area contributed by atoms with Crippen molar-refractivity contribution in [3.05, 3.63) is 65.7 Å². The van der Waals surface area contributed by atoms with Gasteiger partial charge in [-0.25, -0.2) is 0 Å². The summed E-state index contributed by atoms with van der Waals surface area (Å²) in [5.74, 6) is -1.73. The molecule has 0 radical (unpaired) electrons. The molecule has 1 saturated heterocycles. The molecule has 1 aliphatic rings.